The molecule has 0 N–H and O–H groups in total. The lowest BCUT2D eigenvalue weighted by Gasteiger charge is -2.18. The van der Waals surface area contributed by atoms with Gasteiger partial charge in [0, 0.05) is 19.3 Å². The van der Waals surface area contributed by atoms with Crippen molar-refractivity contribution in [3.05, 3.63) is 146 Å². The van der Waals surface area contributed by atoms with Gasteiger partial charge in [-0.25, -0.2) is 0 Å². The van der Waals surface area contributed by atoms with Gasteiger partial charge in [-0.15, -0.1) is 0 Å². The van der Waals surface area contributed by atoms with E-state index in [1.54, 1.807) is 0 Å². The van der Waals surface area contributed by atoms with Crippen LogP contribution in [0.25, 0.3) is 0 Å². The standard InChI is InChI=1S/C69H110O6/c1-4-7-10-13-16-19-22-25-28-30-32-33-34-35-37-38-41-44-47-50-53-56-59-62-68(71)74-65-66(64-73-67(70)61-58-55-52-49-46-43-40-27-24-21-18-15-12-9-6-3)75-69(72)63-60-57-54-51-48-45-42-39-36-31-29-26-23-20-17-14-11-8-5-2/h7,10,16-21,25-29,32-33,35-37,39-41,44,50,53,66H,4-6,8-9,11-15,22-24,30-31,34,38,42-43,45-49,51-52,54-65H2,1-3H3/b10-7-,19-16-,20-17-,21-18-,28-25-,29-26-,33-32-,37-35-,39-36-,40-27-,44-41-,53-50-. The molecule has 0 amide bonds. The molecule has 0 aromatic rings. The predicted molar refractivity (Wildman–Crippen MR) is 325 cm³/mol. The maximum absolute atomic E-state index is 12.9. The second-order valence-corrected chi connectivity index (χ2v) is 19.5. The molecule has 1 unspecified atom stereocenters. The van der Waals surface area contributed by atoms with Gasteiger partial charge in [-0.1, -0.05) is 237 Å². The molecule has 0 aliphatic heterocycles. The van der Waals surface area contributed by atoms with E-state index in [1.165, 1.54) is 64.2 Å². The molecular weight excluding hydrogens is 925 g/mol. The van der Waals surface area contributed by atoms with Crippen LogP contribution in [0.15, 0.2) is 146 Å². The highest BCUT2D eigenvalue weighted by Gasteiger charge is 2.19. The zero-order chi connectivity index (χ0) is 54.3. The van der Waals surface area contributed by atoms with Crippen LogP contribution in [-0.2, 0) is 28.6 Å². The van der Waals surface area contributed by atoms with E-state index in [0.29, 0.717) is 19.3 Å². The van der Waals surface area contributed by atoms with Crippen LogP contribution in [0, 0.1) is 0 Å². The third-order valence-corrected chi connectivity index (χ3v) is 12.3. The van der Waals surface area contributed by atoms with E-state index < -0.39 is 6.10 Å². The molecule has 75 heavy (non-hydrogen) atoms. The lowest BCUT2D eigenvalue weighted by atomic mass is 10.1. The summed E-state index contributed by atoms with van der Waals surface area (Å²) in [5, 5.41) is 0. The second-order valence-electron chi connectivity index (χ2n) is 19.5. The SMILES string of the molecule is CC/C=C\C/C=C\C/C=C\C/C=C\C/C=C\C/C=C\C/C=C\CCCC(=O)OCC(COC(=O)CCCCCCC/C=C\C/C=C\CCCCC)OC(=O)CCCCCCCC/C=C\C/C=C\C/C=C\CCCCC. The van der Waals surface area contributed by atoms with Crippen molar-refractivity contribution >= 4 is 17.9 Å². The largest absolute Gasteiger partial charge is 0.462 e. The van der Waals surface area contributed by atoms with E-state index in [4.69, 9.17) is 14.2 Å². The van der Waals surface area contributed by atoms with E-state index in [0.717, 1.165) is 141 Å². The number of carbonyl (C=O) groups excluding carboxylic acids is 3. The van der Waals surface area contributed by atoms with E-state index in [1.807, 2.05) is 0 Å². The fourth-order valence-electron chi connectivity index (χ4n) is 7.76. The molecule has 0 saturated carbocycles. The highest BCUT2D eigenvalue weighted by molar-refractivity contribution is 5.71. The number of esters is 3. The Hall–Kier alpha value is -4.71. The van der Waals surface area contributed by atoms with E-state index in [2.05, 4.69) is 167 Å². The van der Waals surface area contributed by atoms with Gasteiger partial charge in [-0.3, -0.25) is 14.4 Å². The van der Waals surface area contributed by atoms with E-state index >= 15 is 0 Å². The Balaban J connectivity index is 4.55. The highest BCUT2D eigenvalue weighted by Crippen LogP contribution is 2.13. The first-order valence-corrected chi connectivity index (χ1v) is 30.3. The Bertz CT molecular complexity index is 1660. The Morgan fingerprint density at radius 2 is 0.533 bits per heavy atom. The van der Waals surface area contributed by atoms with Crippen molar-refractivity contribution in [3.63, 3.8) is 0 Å². The number of hydrogen-bond acceptors (Lipinski definition) is 6. The van der Waals surface area contributed by atoms with E-state index in [9.17, 15) is 14.4 Å². The fraction of sp³-hybridized carbons (Fsp3) is 0.609. The summed E-state index contributed by atoms with van der Waals surface area (Å²) < 4.78 is 16.8. The molecule has 0 aliphatic rings. The summed E-state index contributed by atoms with van der Waals surface area (Å²) in [5.74, 6) is -1.01. The molecule has 422 valence electrons. The topological polar surface area (TPSA) is 78.9 Å². The fourth-order valence-corrected chi connectivity index (χ4v) is 7.76. The number of hydrogen-bond donors (Lipinski definition) is 0. The molecule has 6 heteroatoms. The monoisotopic (exact) mass is 1030 g/mol. The van der Waals surface area contributed by atoms with Crippen molar-refractivity contribution in [2.24, 2.45) is 0 Å². The predicted octanol–water partition coefficient (Wildman–Crippen LogP) is 20.8. The lowest BCUT2D eigenvalue weighted by Crippen LogP contribution is -2.30. The van der Waals surface area contributed by atoms with Crippen LogP contribution in [0.2, 0.25) is 0 Å². The molecule has 0 aliphatic carbocycles. The summed E-state index contributed by atoms with van der Waals surface area (Å²) in [6.45, 7) is 6.39. The van der Waals surface area contributed by atoms with Crippen LogP contribution in [0.3, 0.4) is 0 Å². The van der Waals surface area contributed by atoms with Crippen LogP contribution < -0.4 is 0 Å². The molecule has 0 bridgehead atoms. The summed E-state index contributed by atoms with van der Waals surface area (Å²) >= 11 is 0. The Kier molecular flexibility index (Phi) is 58.0. The van der Waals surface area contributed by atoms with Crippen molar-refractivity contribution in [2.75, 3.05) is 13.2 Å². The smallest absolute Gasteiger partial charge is 0.306 e. The van der Waals surface area contributed by atoms with Crippen LogP contribution in [0.5, 0.6) is 0 Å². The molecule has 0 heterocycles. The van der Waals surface area contributed by atoms with Gasteiger partial charge < -0.3 is 14.2 Å². The third-order valence-electron chi connectivity index (χ3n) is 12.3. The summed E-state index contributed by atoms with van der Waals surface area (Å²) in [6, 6.07) is 0. The Labute approximate surface area is 461 Å². The van der Waals surface area contributed by atoms with Gasteiger partial charge in [0.05, 0.1) is 0 Å². The quantitative estimate of drug-likeness (QED) is 0.0261. The number of allylic oxidation sites excluding steroid dienone is 24. The minimum atomic E-state index is -0.822. The number of carbonyl (C=O) groups is 3. The molecular formula is C69H110O6. The van der Waals surface area contributed by atoms with Gasteiger partial charge in [-0.05, 0) is 141 Å². The minimum absolute atomic E-state index is 0.114. The van der Waals surface area contributed by atoms with Gasteiger partial charge in [-0.2, -0.15) is 0 Å². The van der Waals surface area contributed by atoms with Crippen molar-refractivity contribution in [2.45, 2.75) is 258 Å². The Morgan fingerprint density at radius 1 is 0.280 bits per heavy atom. The maximum atomic E-state index is 12.9. The first kappa shape index (κ1) is 70.3. The number of rotatable bonds is 53. The average Bonchev–Trinajstić information content (AvgIpc) is 3.41. The number of unbranched alkanes of at least 4 members (excludes halogenated alkanes) is 18. The van der Waals surface area contributed by atoms with Crippen LogP contribution in [0.1, 0.15) is 252 Å². The van der Waals surface area contributed by atoms with Crippen molar-refractivity contribution in [1.82, 2.24) is 0 Å². The van der Waals surface area contributed by atoms with Gasteiger partial charge in [0.15, 0.2) is 6.10 Å². The van der Waals surface area contributed by atoms with Crippen LogP contribution >= 0.6 is 0 Å². The molecule has 0 radical (unpaired) electrons. The van der Waals surface area contributed by atoms with Crippen molar-refractivity contribution in [3.8, 4) is 0 Å². The minimum Gasteiger partial charge on any atom is -0.462 e. The van der Waals surface area contributed by atoms with Gasteiger partial charge in [0.2, 0.25) is 0 Å². The molecule has 0 rings (SSSR count). The molecule has 0 spiro atoms. The van der Waals surface area contributed by atoms with Crippen molar-refractivity contribution in [1.29, 1.82) is 0 Å². The average molecular weight is 1040 g/mol. The van der Waals surface area contributed by atoms with Crippen molar-refractivity contribution < 1.29 is 28.6 Å². The Morgan fingerprint density at radius 3 is 0.867 bits per heavy atom. The first-order chi connectivity index (χ1) is 37.0. The maximum Gasteiger partial charge on any atom is 0.306 e. The molecule has 1 atom stereocenters. The highest BCUT2D eigenvalue weighted by atomic mass is 16.6. The molecule has 6 nitrogen and oxygen atoms in total. The third kappa shape index (κ3) is 60.0. The zero-order valence-corrected chi connectivity index (χ0v) is 48.3. The van der Waals surface area contributed by atoms with Gasteiger partial charge in [0.25, 0.3) is 0 Å². The molecule has 0 saturated heterocycles. The lowest BCUT2D eigenvalue weighted by molar-refractivity contribution is -0.167. The summed E-state index contributed by atoms with van der Waals surface area (Å²) in [5.41, 5.74) is 0. The molecule has 0 fully saturated rings. The number of ether oxygens (including phenoxy) is 3. The first-order valence-electron chi connectivity index (χ1n) is 30.3. The summed E-state index contributed by atoms with van der Waals surface area (Å²) in [6.07, 6.45) is 88.4. The molecule has 0 aromatic carbocycles. The van der Waals surface area contributed by atoms with E-state index in [-0.39, 0.29) is 37.5 Å². The normalized spacial score (nSPS) is 13.2. The summed E-state index contributed by atoms with van der Waals surface area (Å²) in [4.78, 5) is 38.2. The summed E-state index contributed by atoms with van der Waals surface area (Å²) in [7, 11) is 0. The van der Waals surface area contributed by atoms with Crippen LogP contribution in [-0.4, -0.2) is 37.2 Å². The van der Waals surface area contributed by atoms with Gasteiger partial charge >= 0.3 is 17.9 Å². The van der Waals surface area contributed by atoms with Crippen LogP contribution in [0.4, 0.5) is 0 Å². The molecule has 0 aromatic heterocycles. The zero-order valence-electron chi connectivity index (χ0n) is 48.3. The van der Waals surface area contributed by atoms with Gasteiger partial charge in [0.1, 0.15) is 13.2 Å². The second kappa shape index (κ2) is 61.8.